The van der Waals surface area contributed by atoms with Crippen LogP contribution in [0.25, 0.3) is 0 Å². The molecule has 0 saturated carbocycles. The number of hydrogen-bond donors (Lipinski definition) is 1. The molecule has 1 fully saturated rings. The van der Waals surface area contributed by atoms with Gasteiger partial charge >= 0.3 is 0 Å². The van der Waals surface area contributed by atoms with Gasteiger partial charge in [0.1, 0.15) is 11.9 Å². The van der Waals surface area contributed by atoms with Crippen LogP contribution in [-0.4, -0.2) is 46.0 Å². The second kappa shape index (κ2) is 9.15. The fourth-order valence-electron chi connectivity index (χ4n) is 4.16. The Labute approximate surface area is 185 Å². The zero-order valence-corrected chi connectivity index (χ0v) is 19.2. The van der Waals surface area contributed by atoms with Crippen molar-refractivity contribution in [2.45, 2.75) is 69.0 Å². The van der Waals surface area contributed by atoms with Gasteiger partial charge in [0.2, 0.25) is 15.9 Å². The highest BCUT2D eigenvalue weighted by atomic mass is 79.9. The summed E-state index contributed by atoms with van der Waals surface area (Å²) in [4.78, 5) is 13.2. The Morgan fingerprint density at radius 3 is 2.63 bits per heavy atom. The molecule has 2 aliphatic rings. The average molecular weight is 496 g/mol. The lowest BCUT2D eigenvalue weighted by molar-refractivity contribution is -0.125. The quantitative estimate of drug-likeness (QED) is 0.687. The molecular weight excluding hydrogens is 470 g/mol. The molecule has 8 nitrogen and oxygen atoms in total. The van der Waals surface area contributed by atoms with E-state index in [2.05, 4.69) is 36.0 Å². The molecule has 162 valence electrons. The van der Waals surface area contributed by atoms with Crippen LogP contribution in [0.15, 0.2) is 33.6 Å². The molecule has 1 atom stereocenters. The number of amides is 1. The molecular formula is C20H26BrN5O3S. The average Bonchev–Trinajstić information content (AvgIpc) is 2.98. The predicted octanol–water partition coefficient (Wildman–Crippen LogP) is 2.63. The van der Waals surface area contributed by atoms with E-state index in [0.717, 1.165) is 54.8 Å². The van der Waals surface area contributed by atoms with Crippen LogP contribution in [-0.2, 0) is 34.3 Å². The van der Waals surface area contributed by atoms with Crippen molar-refractivity contribution in [1.82, 2.24) is 24.4 Å². The topological polar surface area (TPSA) is 97.2 Å². The van der Waals surface area contributed by atoms with Gasteiger partial charge in [0, 0.05) is 24.0 Å². The van der Waals surface area contributed by atoms with Crippen molar-refractivity contribution in [3.05, 3.63) is 40.4 Å². The van der Waals surface area contributed by atoms with Crippen molar-refractivity contribution >= 4 is 31.9 Å². The maximum atomic E-state index is 13.2. The van der Waals surface area contributed by atoms with Crippen LogP contribution in [0.5, 0.6) is 0 Å². The normalized spacial score (nSPS) is 20.4. The Bertz CT molecular complexity index is 1010. The number of nitrogens with zero attached hydrogens (tertiary/aromatic N) is 4. The van der Waals surface area contributed by atoms with Crippen molar-refractivity contribution < 1.29 is 13.2 Å². The number of halogens is 1. The van der Waals surface area contributed by atoms with Gasteiger partial charge in [-0.3, -0.25) is 4.79 Å². The van der Waals surface area contributed by atoms with Gasteiger partial charge in [-0.2, -0.15) is 4.31 Å². The molecule has 4 rings (SSSR count). The number of benzene rings is 1. The number of hydrogen-bond acceptors (Lipinski definition) is 5. The number of sulfonamides is 1. The lowest BCUT2D eigenvalue weighted by Gasteiger charge is -2.33. The number of carbonyl (C=O) groups is 1. The lowest BCUT2D eigenvalue weighted by Crippen LogP contribution is -2.51. The molecule has 1 unspecified atom stereocenters. The summed E-state index contributed by atoms with van der Waals surface area (Å²) in [6.45, 7) is 1.46. The predicted molar refractivity (Wildman–Crippen MR) is 115 cm³/mol. The fraction of sp³-hybridized carbons (Fsp3) is 0.550. The summed E-state index contributed by atoms with van der Waals surface area (Å²) in [5.74, 6) is 1.42. The first-order valence-corrected chi connectivity index (χ1v) is 12.7. The monoisotopic (exact) mass is 495 g/mol. The molecule has 2 aromatic rings. The van der Waals surface area contributed by atoms with Gasteiger partial charge in [0.25, 0.3) is 0 Å². The third-order valence-electron chi connectivity index (χ3n) is 5.78. The molecule has 10 heteroatoms. The maximum absolute atomic E-state index is 13.2. The van der Waals surface area contributed by atoms with Crippen LogP contribution in [0, 0.1) is 0 Å². The van der Waals surface area contributed by atoms with Crippen molar-refractivity contribution in [1.29, 1.82) is 0 Å². The first-order valence-electron chi connectivity index (χ1n) is 10.4. The van der Waals surface area contributed by atoms with E-state index in [1.807, 2.05) is 0 Å². The minimum atomic E-state index is -3.75. The van der Waals surface area contributed by atoms with E-state index in [1.54, 1.807) is 24.3 Å². The number of carbonyl (C=O) groups excluding carboxylic acids is 1. The number of nitrogens with one attached hydrogen (secondary N) is 1. The van der Waals surface area contributed by atoms with Gasteiger partial charge in [-0.05, 0) is 49.9 Å². The third kappa shape index (κ3) is 4.45. The SMILES string of the molecule is O=C(NCc1nnc2n1CCCCC2)C1CCCCN1S(=O)(=O)c1ccc(Br)cc1. The van der Waals surface area contributed by atoms with Crippen LogP contribution in [0.3, 0.4) is 0 Å². The van der Waals surface area contributed by atoms with Crippen LogP contribution in [0.2, 0.25) is 0 Å². The number of piperidine rings is 1. The fourth-order valence-corrected chi connectivity index (χ4v) is 6.08. The highest BCUT2D eigenvalue weighted by Crippen LogP contribution is 2.26. The van der Waals surface area contributed by atoms with E-state index in [1.165, 1.54) is 10.7 Å². The summed E-state index contributed by atoms with van der Waals surface area (Å²) in [5, 5.41) is 11.4. The van der Waals surface area contributed by atoms with E-state index < -0.39 is 16.1 Å². The van der Waals surface area contributed by atoms with Crippen LogP contribution < -0.4 is 5.32 Å². The highest BCUT2D eigenvalue weighted by molar-refractivity contribution is 9.10. The zero-order valence-electron chi connectivity index (χ0n) is 16.8. The smallest absolute Gasteiger partial charge is 0.243 e. The summed E-state index contributed by atoms with van der Waals surface area (Å²) in [7, 11) is -3.75. The van der Waals surface area contributed by atoms with Crippen LogP contribution in [0.1, 0.15) is 50.2 Å². The van der Waals surface area contributed by atoms with Crippen molar-refractivity contribution in [2.75, 3.05) is 6.54 Å². The maximum Gasteiger partial charge on any atom is 0.243 e. The summed E-state index contributed by atoms with van der Waals surface area (Å²) in [6.07, 6.45) is 6.34. The van der Waals surface area contributed by atoms with E-state index >= 15 is 0 Å². The Hall–Kier alpha value is -1.78. The molecule has 1 saturated heterocycles. The highest BCUT2D eigenvalue weighted by Gasteiger charge is 2.37. The van der Waals surface area contributed by atoms with Gasteiger partial charge in [-0.15, -0.1) is 10.2 Å². The van der Waals surface area contributed by atoms with Gasteiger partial charge in [-0.1, -0.05) is 28.8 Å². The zero-order chi connectivity index (χ0) is 21.1. The molecule has 1 aromatic carbocycles. The Kier molecular flexibility index (Phi) is 6.54. The Balaban J connectivity index is 1.48. The number of rotatable bonds is 5. The standard InChI is InChI=1S/C20H26BrN5O3S/c21-15-8-10-16(11-9-15)30(28,29)26-13-5-3-6-17(26)20(27)22-14-19-24-23-18-7-2-1-4-12-25(18)19/h8-11,17H,1-7,12-14H2,(H,22,27). The third-order valence-corrected chi connectivity index (χ3v) is 8.23. The van der Waals surface area contributed by atoms with Gasteiger partial charge in [0.15, 0.2) is 5.82 Å². The Morgan fingerprint density at radius 2 is 1.83 bits per heavy atom. The first-order chi connectivity index (χ1) is 14.5. The number of aromatic nitrogens is 3. The second-order valence-corrected chi connectivity index (χ2v) is 10.6. The van der Waals surface area contributed by atoms with E-state index in [0.29, 0.717) is 13.0 Å². The molecule has 1 N–H and O–H groups in total. The van der Waals surface area contributed by atoms with Crippen LogP contribution in [0.4, 0.5) is 0 Å². The molecule has 2 aliphatic heterocycles. The molecule has 30 heavy (non-hydrogen) atoms. The van der Waals surface area contributed by atoms with Crippen molar-refractivity contribution in [3.8, 4) is 0 Å². The summed E-state index contributed by atoms with van der Waals surface area (Å²) < 4.78 is 30.6. The Morgan fingerprint density at radius 1 is 1.07 bits per heavy atom. The minimum absolute atomic E-state index is 0.202. The molecule has 0 aliphatic carbocycles. The van der Waals surface area contributed by atoms with Gasteiger partial charge in [-0.25, -0.2) is 8.42 Å². The molecule has 1 amide bonds. The molecule has 0 spiro atoms. The minimum Gasteiger partial charge on any atom is -0.347 e. The van der Waals surface area contributed by atoms with E-state index in [-0.39, 0.29) is 17.3 Å². The summed E-state index contributed by atoms with van der Waals surface area (Å²) >= 11 is 3.33. The molecule has 0 bridgehead atoms. The van der Waals surface area contributed by atoms with Crippen molar-refractivity contribution in [3.63, 3.8) is 0 Å². The van der Waals surface area contributed by atoms with Crippen molar-refractivity contribution in [2.24, 2.45) is 0 Å². The first kappa shape index (κ1) is 21.5. The summed E-state index contributed by atoms with van der Waals surface area (Å²) in [5.41, 5.74) is 0. The second-order valence-electron chi connectivity index (χ2n) is 7.79. The largest absolute Gasteiger partial charge is 0.347 e. The van der Waals surface area contributed by atoms with E-state index in [9.17, 15) is 13.2 Å². The number of fused-ring (bicyclic) bond motifs is 1. The molecule has 3 heterocycles. The molecule has 1 aromatic heterocycles. The molecule has 0 radical (unpaired) electrons. The number of aryl methyl sites for hydroxylation is 1. The lowest BCUT2D eigenvalue weighted by atomic mass is 10.0. The van der Waals surface area contributed by atoms with Crippen LogP contribution >= 0.6 is 15.9 Å². The van der Waals surface area contributed by atoms with E-state index in [4.69, 9.17) is 0 Å². The van der Waals surface area contributed by atoms with Gasteiger partial charge < -0.3 is 9.88 Å². The van der Waals surface area contributed by atoms with Gasteiger partial charge in [0.05, 0.1) is 11.4 Å². The summed E-state index contributed by atoms with van der Waals surface area (Å²) in [6, 6.07) is 5.81.